The van der Waals surface area contributed by atoms with Crippen LogP contribution in [0.2, 0.25) is 0 Å². The zero-order chi connectivity index (χ0) is 12.1. The van der Waals surface area contributed by atoms with Crippen LogP contribution in [-0.2, 0) is 6.32 Å². The van der Waals surface area contributed by atoms with Gasteiger partial charge in [-0.3, -0.25) is 0 Å². The van der Waals surface area contributed by atoms with Gasteiger partial charge < -0.3 is 11.5 Å². The Labute approximate surface area is 94.2 Å². The van der Waals surface area contributed by atoms with Gasteiger partial charge in [0.2, 0.25) is 5.95 Å². The zero-order valence-electron chi connectivity index (χ0n) is 8.72. The highest BCUT2D eigenvalue weighted by atomic mass is 15.1. The second-order valence-corrected chi connectivity index (χ2v) is 2.70. The molecule has 2 radical (unpaired) electrons. The maximum absolute atomic E-state index is 5.61. The summed E-state index contributed by atoms with van der Waals surface area (Å²) in [5.41, 5.74) is 12.5. The van der Waals surface area contributed by atoms with E-state index in [1.807, 2.05) is 0 Å². The molecule has 0 aliphatic heterocycles. The summed E-state index contributed by atoms with van der Waals surface area (Å²) < 4.78 is 0. The molecule has 0 aliphatic carbocycles. The highest BCUT2D eigenvalue weighted by Crippen LogP contribution is 2.14. The predicted octanol–water partition coefficient (Wildman–Crippen LogP) is 0.0549. The summed E-state index contributed by atoms with van der Waals surface area (Å²) in [7, 11) is 5.41. The van der Waals surface area contributed by atoms with Crippen LogP contribution >= 0.6 is 0 Å². The maximum Gasteiger partial charge on any atom is 0.224 e. The average molecular weight is 214 g/mol. The molecule has 0 unspecified atom stereocenters. The number of nitrogens with zero attached hydrogens (tertiary/aromatic N) is 4. The standard InChI is InChI=1S/C7H7BN6.C2H4/c8-1-3-2-11-6-4(12-3)5(9)13-7(10)14-6;1-2/h2H,1H2,(H4,9,10,11,13,14);1-2H2. The van der Waals surface area contributed by atoms with Crippen molar-refractivity contribution in [3.63, 3.8) is 0 Å². The van der Waals surface area contributed by atoms with Gasteiger partial charge in [0, 0.05) is 0 Å². The van der Waals surface area contributed by atoms with Crippen molar-refractivity contribution in [1.82, 2.24) is 19.9 Å². The molecule has 2 heterocycles. The van der Waals surface area contributed by atoms with Gasteiger partial charge in [0.05, 0.1) is 19.7 Å². The Balaban J connectivity index is 0.000000606. The van der Waals surface area contributed by atoms with Crippen molar-refractivity contribution in [2.24, 2.45) is 0 Å². The molecule has 6 nitrogen and oxygen atoms in total. The minimum absolute atomic E-state index is 0.0878. The van der Waals surface area contributed by atoms with Crippen molar-refractivity contribution in [1.29, 1.82) is 0 Å². The number of anilines is 2. The van der Waals surface area contributed by atoms with E-state index in [0.717, 1.165) is 0 Å². The lowest BCUT2D eigenvalue weighted by atomic mass is 10.0. The second-order valence-electron chi connectivity index (χ2n) is 2.70. The third-order valence-electron chi connectivity index (χ3n) is 1.71. The molecule has 0 fully saturated rings. The maximum atomic E-state index is 5.61. The van der Waals surface area contributed by atoms with Gasteiger partial charge in [-0.05, 0) is 6.32 Å². The molecule has 0 aromatic carbocycles. The monoisotopic (exact) mass is 214 g/mol. The van der Waals surface area contributed by atoms with Gasteiger partial charge in [-0.25, -0.2) is 9.97 Å². The van der Waals surface area contributed by atoms with Gasteiger partial charge in [0.15, 0.2) is 17.0 Å². The van der Waals surface area contributed by atoms with Gasteiger partial charge in [0.1, 0.15) is 0 Å². The quantitative estimate of drug-likeness (QED) is 0.513. The summed E-state index contributed by atoms with van der Waals surface area (Å²) in [5, 5.41) is 0. The van der Waals surface area contributed by atoms with E-state index in [1.54, 1.807) is 0 Å². The summed E-state index contributed by atoms with van der Waals surface area (Å²) in [6.45, 7) is 6.00. The van der Waals surface area contributed by atoms with E-state index in [4.69, 9.17) is 19.3 Å². The molecule has 2 rings (SSSR count). The zero-order valence-corrected chi connectivity index (χ0v) is 8.72. The van der Waals surface area contributed by atoms with Crippen molar-refractivity contribution in [3.05, 3.63) is 25.0 Å². The van der Waals surface area contributed by atoms with Crippen molar-refractivity contribution < 1.29 is 0 Å². The fraction of sp³-hybridized carbons (Fsp3) is 0.111. The van der Waals surface area contributed by atoms with Gasteiger partial charge in [-0.2, -0.15) is 9.97 Å². The molecule has 2 aromatic rings. The van der Waals surface area contributed by atoms with Crippen LogP contribution in [0.5, 0.6) is 0 Å². The molecule has 7 heteroatoms. The summed E-state index contributed by atoms with van der Waals surface area (Å²) in [5.74, 6) is 0.306. The molecule has 16 heavy (non-hydrogen) atoms. The molecule has 2 aromatic heterocycles. The van der Waals surface area contributed by atoms with E-state index in [9.17, 15) is 0 Å². The minimum Gasteiger partial charge on any atom is -0.382 e. The Kier molecular flexibility index (Phi) is 3.76. The summed E-state index contributed by atoms with van der Waals surface area (Å²) >= 11 is 0. The van der Waals surface area contributed by atoms with Crippen LogP contribution in [0, 0.1) is 0 Å². The third kappa shape index (κ3) is 2.25. The lowest BCUT2D eigenvalue weighted by Crippen LogP contribution is -2.04. The summed E-state index contributed by atoms with van der Waals surface area (Å²) in [6, 6.07) is 0. The Hall–Kier alpha value is -2.18. The first-order chi connectivity index (χ1) is 7.70. The van der Waals surface area contributed by atoms with Crippen LogP contribution in [0.4, 0.5) is 11.8 Å². The van der Waals surface area contributed by atoms with Crippen LogP contribution < -0.4 is 11.5 Å². The summed E-state index contributed by atoms with van der Waals surface area (Å²) in [6.07, 6.45) is 1.83. The first-order valence-electron chi connectivity index (χ1n) is 4.45. The van der Waals surface area contributed by atoms with E-state index >= 15 is 0 Å². The molecule has 80 valence electrons. The first-order valence-corrected chi connectivity index (χ1v) is 4.45. The van der Waals surface area contributed by atoms with Gasteiger partial charge in [-0.15, -0.1) is 13.2 Å². The molecule has 0 spiro atoms. The normalized spacial score (nSPS) is 9.50. The minimum atomic E-state index is 0.0878. The summed E-state index contributed by atoms with van der Waals surface area (Å²) in [4.78, 5) is 15.8. The number of hydrogen-bond donors (Lipinski definition) is 2. The van der Waals surface area contributed by atoms with Crippen LogP contribution in [0.1, 0.15) is 5.69 Å². The fourth-order valence-electron chi connectivity index (χ4n) is 1.08. The average Bonchev–Trinajstić information content (AvgIpc) is 2.31. The van der Waals surface area contributed by atoms with Crippen LogP contribution in [0.25, 0.3) is 11.2 Å². The van der Waals surface area contributed by atoms with Crippen molar-refractivity contribution in [3.8, 4) is 0 Å². The van der Waals surface area contributed by atoms with E-state index < -0.39 is 0 Å². The Bertz CT molecular complexity index is 501. The van der Waals surface area contributed by atoms with Gasteiger partial charge in [0.25, 0.3) is 0 Å². The molecule has 4 N–H and O–H groups in total. The third-order valence-corrected chi connectivity index (χ3v) is 1.71. The van der Waals surface area contributed by atoms with Crippen LogP contribution in [-0.4, -0.2) is 27.8 Å². The number of fused-ring (bicyclic) bond motifs is 1. The van der Waals surface area contributed by atoms with Crippen LogP contribution in [0.3, 0.4) is 0 Å². The van der Waals surface area contributed by atoms with E-state index in [2.05, 4.69) is 33.1 Å². The number of rotatable bonds is 1. The Morgan fingerprint density at radius 2 is 1.88 bits per heavy atom. The number of hydrogen-bond acceptors (Lipinski definition) is 6. The lowest BCUT2D eigenvalue weighted by molar-refractivity contribution is 1.11. The molecular formula is C9H11BN6. The molecule has 0 aliphatic rings. The molecule has 0 bridgehead atoms. The van der Waals surface area contributed by atoms with E-state index in [0.29, 0.717) is 23.2 Å². The molecule has 0 amide bonds. The molecule has 0 saturated carbocycles. The van der Waals surface area contributed by atoms with Crippen molar-refractivity contribution >= 4 is 30.8 Å². The largest absolute Gasteiger partial charge is 0.382 e. The second kappa shape index (κ2) is 5.06. The Morgan fingerprint density at radius 3 is 2.50 bits per heavy atom. The van der Waals surface area contributed by atoms with E-state index in [1.165, 1.54) is 6.20 Å². The Morgan fingerprint density at radius 1 is 1.19 bits per heavy atom. The SMILES string of the molecule is C=C.[B]Cc1cnc2nc(N)nc(N)c2n1. The van der Waals surface area contributed by atoms with Crippen molar-refractivity contribution in [2.45, 2.75) is 6.32 Å². The van der Waals surface area contributed by atoms with Crippen molar-refractivity contribution in [2.75, 3.05) is 11.5 Å². The molecular weight excluding hydrogens is 203 g/mol. The molecule has 0 atom stereocenters. The van der Waals surface area contributed by atoms with E-state index in [-0.39, 0.29) is 11.8 Å². The predicted molar refractivity (Wildman–Crippen MR) is 64.7 cm³/mol. The van der Waals surface area contributed by atoms with Gasteiger partial charge >= 0.3 is 0 Å². The fourth-order valence-corrected chi connectivity index (χ4v) is 1.08. The lowest BCUT2D eigenvalue weighted by Gasteiger charge is -2.02. The van der Waals surface area contributed by atoms with Crippen LogP contribution in [0.15, 0.2) is 19.4 Å². The highest BCUT2D eigenvalue weighted by Gasteiger charge is 2.06. The number of aromatic nitrogens is 4. The molecule has 0 saturated heterocycles. The number of nitrogens with two attached hydrogens (primary N) is 2. The van der Waals surface area contributed by atoms with Gasteiger partial charge in [-0.1, -0.05) is 0 Å². The smallest absolute Gasteiger partial charge is 0.224 e. The topological polar surface area (TPSA) is 104 Å². The number of nitrogen functional groups attached to an aromatic ring is 2. The highest BCUT2D eigenvalue weighted by molar-refractivity contribution is 6.08. The first kappa shape index (κ1) is 11.9.